The fourth-order valence-corrected chi connectivity index (χ4v) is 2.62. The number of ether oxygens (including phenoxy) is 2. The van der Waals surface area contributed by atoms with Gasteiger partial charge < -0.3 is 19.8 Å². The van der Waals surface area contributed by atoms with Crippen LogP contribution in [-0.4, -0.2) is 39.8 Å². The summed E-state index contributed by atoms with van der Waals surface area (Å²) in [6, 6.07) is 8.28. The molecule has 0 radical (unpaired) electrons. The molecule has 2 aromatic heterocycles. The Morgan fingerprint density at radius 2 is 2.13 bits per heavy atom. The van der Waals surface area contributed by atoms with Crippen LogP contribution in [0.15, 0.2) is 35.1 Å². The summed E-state index contributed by atoms with van der Waals surface area (Å²) in [6.45, 7) is 1.45. The molecule has 0 aliphatic heterocycles. The van der Waals surface area contributed by atoms with Crippen LogP contribution in [0.25, 0.3) is 11.2 Å². The Labute approximate surface area is 141 Å². The minimum absolute atomic E-state index is 0.225. The molecule has 0 aliphatic carbocycles. The first kappa shape index (κ1) is 15.7. The lowest BCUT2D eigenvalue weighted by atomic mass is 10.2. The SMILES string of the molecule is COCCOc1nc(N)c2ncn(Cc3cccc(Br)c3)c2n1. The second-order valence-corrected chi connectivity index (χ2v) is 5.82. The number of rotatable bonds is 6. The molecule has 0 aliphatic rings. The molecule has 7 nitrogen and oxygen atoms in total. The second kappa shape index (κ2) is 6.93. The minimum Gasteiger partial charge on any atom is -0.461 e. The molecule has 120 valence electrons. The van der Waals surface area contributed by atoms with E-state index in [2.05, 4.69) is 30.9 Å². The van der Waals surface area contributed by atoms with Gasteiger partial charge in [0.05, 0.1) is 19.5 Å². The Balaban J connectivity index is 1.91. The Morgan fingerprint density at radius 1 is 1.26 bits per heavy atom. The van der Waals surface area contributed by atoms with Gasteiger partial charge in [0.1, 0.15) is 6.61 Å². The van der Waals surface area contributed by atoms with Crippen molar-refractivity contribution in [3.8, 4) is 6.01 Å². The molecule has 3 rings (SSSR count). The Kier molecular flexibility index (Phi) is 4.73. The molecular formula is C15H16BrN5O2. The van der Waals surface area contributed by atoms with Crippen LogP contribution in [0.1, 0.15) is 5.56 Å². The first-order valence-electron chi connectivity index (χ1n) is 7.02. The number of anilines is 1. The fourth-order valence-electron chi connectivity index (χ4n) is 2.17. The van der Waals surface area contributed by atoms with Gasteiger partial charge in [0.15, 0.2) is 17.0 Å². The summed E-state index contributed by atoms with van der Waals surface area (Å²) in [4.78, 5) is 12.8. The molecule has 2 heterocycles. The van der Waals surface area contributed by atoms with Crippen molar-refractivity contribution < 1.29 is 9.47 Å². The van der Waals surface area contributed by atoms with Crippen LogP contribution in [0.5, 0.6) is 6.01 Å². The molecule has 0 fully saturated rings. The Bertz CT molecular complexity index is 821. The third-order valence-corrected chi connectivity index (χ3v) is 3.72. The number of nitrogens with two attached hydrogens (primary N) is 1. The van der Waals surface area contributed by atoms with Gasteiger partial charge in [-0.1, -0.05) is 28.1 Å². The number of methoxy groups -OCH3 is 1. The van der Waals surface area contributed by atoms with Crippen LogP contribution in [0, 0.1) is 0 Å². The number of hydrogen-bond donors (Lipinski definition) is 1. The summed E-state index contributed by atoms with van der Waals surface area (Å²) in [5, 5.41) is 0. The van der Waals surface area contributed by atoms with Crippen LogP contribution in [0.2, 0.25) is 0 Å². The number of fused-ring (bicyclic) bond motifs is 1. The highest BCUT2D eigenvalue weighted by atomic mass is 79.9. The molecule has 0 atom stereocenters. The normalized spacial score (nSPS) is 11.0. The zero-order valence-corrected chi connectivity index (χ0v) is 14.2. The van der Waals surface area contributed by atoms with Crippen molar-refractivity contribution in [2.45, 2.75) is 6.54 Å². The number of nitrogen functional groups attached to an aromatic ring is 1. The highest BCUT2D eigenvalue weighted by Gasteiger charge is 2.12. The van der Waals surface area contributed by atoms with E-state index in [1.54, 1.807) is 13.4 Å². The highest BCUT2D eigenvalue weighted by molar-refractivity contribution is 9.10. The van der Waals surface area contributed by atoms with Crippen molar-refractivity contribution in [3.05, 3.63) is 40.6 Å². The van der Waals surface area contributed by atoms with Crippen LogP contribution < -0.4 is 10.5 Å². The molecule has 0 saturated heterocycles. The standard InChI is InChI=1S/C15H16BrN5O2/c1-22-5-6-23-15-19-13(17)12-14(20-15)21(9-18-12)8-10-3-2-4-11(16)7-10/h2-4,7,9H,5-6,8H2,1H3,(H2,17,19,20). The Morgan fingerprint density at radius 3 is 2.91 bits per heavy atom. The van der Waals surface area contributed by atoms with Crippen molar-refractivity contribution in [3.63, 3.8) is 0 Å². The van der Waals surface area contributed by atoms with Gasteiger partial charge in [-0.2, -0.15) is 9.97 Å². The molecular weight excluding hydrogens is 362 g/mol. The van der Waals surface area contributed by atoms with Gasteiger partial charge in [-0.3, -0.25) is 0 Å². The molecule has 0 saturated carbocycles. The Hall–Kier alpha value is -2.19. The van der Waals surface area contributed by atoms with Gasteiger partial charge in [0.25, 0.3) is 0 Å². The average Bonchev–Trinajstić information content (AvgIpc) is 2.91. The molecule has 3 aromatic rings. The van der Waals surface area contributed by atoms with E-state index in [-0.39, 0.29) is 6.01 Å². The summed E-state index contributed by atoms with van der Waals surface area (Å²) in [7, 11) is 1.61. The van der Waals surface area contributed by atoms with Crippen molar-refractivity contribution in [2.75, 3.05) is 26.1 Å². The first-order chi connectivity index (χ1) is 11.2. The number of imidazole rings is 1. The summed E-state index contributed by atoms with van der Waals surface area (Å²) in [6.07, 6.45) is 1.70. The molecule has 0 spiro atoms. The van der Waals surface area contributed by atoms with E-state index in [9.17, 15) is 0 Å². The topological polar surface area (TPSA) is 88.1 Å². The van der Waals surface area contributed by atoms with E-state index in [4.69, 9.17) is 15.2 Å². The van der Waals surface area contributed by atoms with Gasteiger partial charge in [-0.05, 0) is 17.7 Å². The maximum Gasteiger partial charge on any atom is 0.320 e. The smallest absolute Gasteiger partial charge is 0.320 e. The quantitative estimate of drug-likeness (QED) is 0.662. The van der Waals surface area contributed by atoms with E-state index in [0.717, 1.165) is 10.0 Å². The highest BCUT2D eigenvalue weighted by Crippen LogP contribution is 2.21. The van der Waals surface area contributed by atoms with Crippen molar-refractivity contribution in [2.24, 2.45) is 0 Å². The fraction of sp³-hybridized carbons (Fsp3) is 0.267. The van der Waals surface area contributed by atoms with Crippen molar-refractivity contribution in [1.29, 1.82) is 0 Å². The lowest BCUT2D eigenvalue weighted by Gasteiger charge is -2.07. The summed E-state index contributed by atoms with van der Waals surface area (Å²) in [5.74, 6) is 0.301. The molecule has 23 heavy (non-hydrogen) atoms. The van der Waals surface area contributed by atoms with Crippen LogP contribution in [-0.2, 0) is 11.3 Å². The van der Waals surface area contributed by atoms with Gasteiger partial charge in [-0.25, -0.2) is 4.98 Å². The van der Waals surface area contributed by atoms with Crippen LogP contribution >= 0.6 is 15.9 Å². The summed E-state index contributed by atoms with van der Waals surface area (Å²) >= 11 is 3.47. The third-order valence-electron chi connectivity index (χ3n) is 3.23. The number of aromatic nitrogens is 4. The predicted molar refractivity (Wildman–Crippen MR) is 90.4 cm³/mol. The lowest BCUT2D eigenvalue weighted by molar-refractivity contribution is 0.141. The zero-order valence-electron chi connectivity index (χ0n) is 12.6. The molecule has 0 unspecified atom stereocenters. The van der Waals surface area contributed by atoms with Crippen LogP contribution in [0.4, 0.5) is 5.82 Å². The third kappa shape index (κ3) is 3.59. The average molecular weight is 378 g/mol. The van der Waals surface area contributed by atoms with E-state index in [1.165, 1.54) is 0 Å². The predicted octanol–water partition coefficient (Wildman–Crippen LogP) is 2.24. The molecule has 0 bridgehead atoms. The summed E-state index contributed by atoms with van der Waals surface area (Å²) < 4.78 is 13.3. The largest absolute Gasteiger partial charge is 0.461 e. The molecule has 1 aromatic carbocycles. The number of halogens is 1. The van der Waals surface area contributed by atoms with Gasteiger partial charge >= 0.3 is 6.01 Å². The molecule has 0 amide bonds. The molecule has 2 N–H and O–H groups in total. The lowest BCUT2D eigenvalue weighted by Crippen LogP contribution is -2.09. The van der Waals surface area contributed by atoms with Crippen molar-refractivity contribution >= 4 is 32.9 Å². The zero-order chi connectivity index (χ0) is 16.2. The number of nitrogens with zero attached hydrogens (tertiary/aromatic N) is 4. The van der Waals surface area contributed by atoms with E-state index in [0.29, 0.717) is 36.7 Å². The van der Waals surface area contributed by atoms with E-state index >= 15 is 0 Å². The van der Waals surface area contributed by atoms with Crippen LogP contribution in [0.3, 0.4) is 0 Å². The minimum atomic E-state index is 0.225. The van der Waals surface area contributed by atoms with Gasteiger partial charge in [-0.15, -0.1) is 0 Å². The van der Waals surface area contributed by atoms with Crippen molar-refractivity contribution in [1.82, 2.24) is 19.5 Å². The monoisotopic (exact) mass is 377 g/mol. The first-order valence-corrected chi connectivity index (χ1v) is 7.81. The summed E-state index contributed by atoms with van der Waals surface area (Å²) in [5.41, 5.74) is 8.28. The van der Waals surface area contributed by atoms with Gasteiger partial charge in [0, 0.05) is 11.6 Å². The van der Waals surface area contributed by atoms with Gasteiger partial charge in [0.2, 0.25) is 0 Å². The number of hydrogen-bond acceptors (Lipinski definition) is 6. The maximum atomic E-state index is 5.95. The van der Waals surface area contributed by atoms with E-state index < -0.39 is 0 Å². The van der Waals surface area contributed by atoms with E-state index in [1.807, 2.05) is 28.8 Å². The maximum absolute atomic E-state index is 5.95. The number of benzene rings is 1. The second-order valence-electron chi connectivity index (χ2n) is 4.91. The molecule has 8 heteroatoms.